The summed E-state index contributed by atoms with van der Waals surface area (Å²) in [6.45, 7) is 4.87. The Kier molecular flexibility index (Phi) is 6.70. The summed E-state index contributed by atoms with van der Waals surface area (Å²) in [6.07, 6.45) is 0.848. The minimum Gasteiger partial charge on any atom is -0.493 e. The first-order valence-electron chi connectivity index (χ1n) is 8.19. The van der Waals surface area contributed by atoms with E-state index < -0.39 is 10.0 Å². The molecule has 0 unspecified atom stereocenters. The minimum absolute atomic E-state index is 0.0681. The van der Waals surface area contributed by atoms with Crippen molar-refractivity contribution in [3.63, 3.8) is 0 Å². The highest BCUT2D eigenvalue weighted by Crippen LogP contribution is 2.37. The third-order valence-corrected chi connectivity index (χ3v) is 6.61. The van der Waals surface area contributed by atoms with Gasteiger partial charge in [0.1, 0.15) is 16.4 Å². The Labute approximate surface area is 156 Å². The zero-order valence-corrected chi connectivity index (χ0v) is 16.7. The Morgan fingerprint density at radius 1 is 1.20 bits per heavy atom. The number of sulfonamides is 1. The predicted molar refractivity (Wildman–Crippen MR) is 97.2 cm³/mol. The summed E-state index contributed by atoms with van der Waals surface area (Å²) < 4.78 is 39.2. The lowest BCUT2D eigenvalue weighted by Gasteiger charge is -2.30. The topological polar surface area (TPSA) is 98.9 Å². The zero-order valence-electron chi connectivity index (χ0n) is 14.3. The van der Waals surface area contributed by atoms with E-state index in [0.717, 1.165) is 0 Å². The molecule has 1 aromatic rings. The highest BCUT2D eigenvalue weighted by molar-refractivity contribution is 9.10. The number of nitrogens with zero attached hydrogens (tertiary/aromatic N) is 1. The maximum Gasteiger partial charge on any atom is 0.246 e. The van der Waals surface area contributed by atoms with Crippen LogP contribution >= 0.6 is 15.9 Å². The summed E-state index contributed by atoms with van der Waals surface area (Å²) >= 11 is 3.37. The fourth-order valence-corrected chi connectivity index (χ4v) is 4.81. The van der Waals surface area contributed by atoms with Crippen LogP contribution < -0.4 is 15.2 Å². The summed E-state index contributed by atoms with van der Waals surface area (Å²) in [5.41, 5.74) is 5.32. The van der Waals surface area contributed by atoms with Gasteiger partial charge in [-0.05, 0) is 48.7 Å². The molecule has 0 radical (unpaired) electrons. The molecule has 7 nitrogen and oxygen atoms in total. The summed E-state index contributed by atoms with van der Waals surface area (Å²) in [4.78, 5) is 11.4. The average Bonchev–Trinajstić information content (AvgIpc) is 2.57. The SMILES string of the molecule is CCOc1cc(S(=O)(=O)N2CCC(C(N)=O)CC2)c(OCC)cc1Br. The van der Waals surface area contributed by atoms with Crippen molar-refractivity contribution in [2.45, 2.75) is 31.6 Å². The first-order chi connectivity index (χ1) is 11.8. The number of hydrogen-bond donors (Lipinski definition) is 1. The second-order valence-corrected chi connectivity index (χ2v) is 8.44. The predicted octanol–water partition coefficient (Wildman–Crippen LogP) is 2.13. The molecule has 0 saturated carbocycles. The first kappa shape index (κ1) is 20.0. The normalized spacial score (nSPS) is 16.6. The van der Waals surface area contributed by atoms with Crippen LogP contribution in [0.15, 0.2) is 21.5 Å². The number of primary amides is 1. The lowest BCUT2D eigenvalue weighted by molar-refractivity contribution is -0.122. The van der Waals surface area contributed by atoms with Crippen molar-refractivity contribution in [2.75, 3.05) is 26.3 Å². The summed E-state index contributed by atoms with van der Waals surface area (Å²) in [5, 5.41) is 0. The van der Waals surface area contributed by atoms with Crippen LogP contribution in [0.1, 0.15) is 26.7 Å². The Morgan fingerprint density at radius 3 is 2.28 bits per heavy atom. The first-order valence-corrected chi connectivity index (χ1v) is 10.4. The number of benzene rings is 1. The molecule has 0 bridgehead atoms. The highest BCUT2D eigenvalue weighted by atomic mass is 79.9. The molecule has 1 heterocycles. The van der Waals surface area contributed by atoms with Crippen LogP contribution in [0.25, 0.3) is 0 Å². The van der Waals surface area contributed by atoms with Gasteiger partial charge in [0.2, 0.25) is 15.9 Å². The Morgan fingerprint density at radius 2 is 1.76 bits per heavy atom. The van der Waals surface area contributed by atoms with Gasteiger partial charge in [-0.2, -0.15) is 4.31 Å². The molecule has 9 heteroatoms. The number of carbonyl (C=O) groups excluding carboxylic acids is 1. The lowest BCUT2D eigenvalue weighted by atomic mass is 9.98. The van der Waals surface area contributed by atoms with Crippen molar-refractivity contribution in [1.82, 2.24) is 4.31 Å². The number of halogens is 1. The number of amides is 1. The minimum atomic E-state index is -3.77. The molecule has 0 spiro atoms. The van der Waals surface area contributed by atoms with E-state index in [1.165, 1.54) is 10.4 Å². The van der Waals surface area contributed by atoms with Crippen molar-refractivity contribution < 1.29 is 22.7 Å². The molecule has 0 aliphatic carbocycles. The van der Waals surface area contributed by atoms with E-state index >= 15 is 0 Å². The van der Waals surface area contributed by atoms with Gasteiger partial charge in [-0.1, -0.05) is 0 Å². The smallest absolute Gasteiger partial charge is 0.246 e. The summed E-state index contributed by atoms with van der Waals surface area (Å²) in [5.74, 6) is 0.0578. The molecule has 0 atom stereocenters. The van der Waals surface area contributed by atoms with Gasteiger partial charge >= 0.3 is 0 Å². The van der Waals surface area contributed by atoms with E-state index in [1.807, 2.05) is 6.92 Å². The molecule has 1 amide bonds. The van der Waals surface area contributed by atoms with Crippen LogP contribution in [0.2, 0.25) is 0 Å². The van der Waals surface area contributed by atoms with Gasteiger partial charge in [0.25, 0.3) is 0 Å². The summed E-state index contributed by atoms with van der Waals surface area (Å²) in [7, 11) is -3.77. The van der Waals surface area contributed by atoms with E-state index in [0.29, 0.717) is 36.3 Å². The van der Waals surface area contributed by atoms with Crippen LogP contribution in [0.4, 0.5) is 0 Å². The Bertz CT molecular complexity index is 730. The lowest BCUT2D eigenvalue weighted by Crippen LogP contribution is -2.41. The highest BCUT2D eigenvalue weighted by Gasteiger charge is 2.33. The third-order valence-electron chi connectivity index (χ3n) is 4.07. The van der Waals surface area contributed by atoms with Gasteiger partial charge in [-0.15, -0.1) is 0 Å². The monoisotopic (exact) mass is 434 g/mol. The van der Waals surface area contributed by atoms with E-state index in [2.05, 4.69) is 15.9 Å². The number of rotatable bonds is 7. The molecular formula is C16H23BrN2O5S. The number of nitrogens with two attached hydrogens (primary N) is 1. The number of hydrogen-bond acceptors (Lipinski definition) is 5. The maximum absolute atomic E-state index is 13.1. The molecule has 0 aromatic heterocycles. The van der Waals surface area contributed by atoms with Gasteiger partial charge in [-0.25, -0.2) is 8.42 Å². The molecule has 1 saturated heterocycles. The average molecular weight is 435 g/mol. The van der Waals surface area contributed by atoms with E-state index in [9.17, 15) is 13.2 Å². The molecule has 2 N–H and O–H groups in total. The molecule has 1 aromatic carbocycles. The zero-order chi connectivity index (χ0) is 18.6. The van der Waals surface area contributed by atoms with E-state index in [1.54, 1.807) is 13.0 Å². The van der Waals surface area contributed by atoms with Crippen LogP contribution in [0.5, 0.6) is 11.5 Å². The Balaban J connectivity index is 2.37. The van der Waals surface area contributed by atoms with Crippen molar-refractivity contribution in [1.29, 1.82) is 0 Å². The molecule has 2 rings (SSSR count). The van der Waals surface area contributed by atoms with Gasteiger partial charge in [0.15, 0.2) is 0 Å². The van der Waals surface area contributed by atoms with Crippen molar-refractivity contribution in [2.24, 2.45) is 11.7 Å². The van der Waals surface area contributed by atoms with Crippen LogP contribution in [-0.2, 0) is 14.8 Å². The number of ether oxygens (including phenoxy) is 2. The fourth-order valence-electron chi connectivity index (χ4n) is 2.77. The second-order valence-electron chi connectivity index (χ2n) is 5.68. The summed E-state index contributed by atoms with van der Waals surface area (Å²) in [6, 6.07) is 3.09. The molecule has 1 fully saturated rings. The van der Waals surface area contributed by atoms with Crippen LogP contribution in [0, 0.1) is 5.92 Å². The molecule has 1 aliphatic rings. The third kappa shape index (κ3) is 4.45. The molecular weight excluding hydrogens is 412 g/mol. The van der Waals surface area contributed by atoms with Gasteiger partial charge in [0, 0.05) is 25.1 Å². The van der Waals surface area contributed by atoms with Crippen molar-refractivity contribution in [3.05, 3.63) is 16.6 Å². The second kappa shape index (κ2) is 8.37. The van der Waals surface area contributed by atoms with Crippen LogP contribution in [0.3, 0.4) is 0 Å². The fraction of sp³-hybridized carbons (Fsp3) is 0.562. The van der Waals surface area contributed by atoms with Gasteiger partial charge < -0.3 is 15.2 Å². The number of carbonyl (C=O) groups is 1. The van der Waals surface area contributed by atoms with Gasteiger partial charge in [0.05, 0.1) is 17.7 Å². The Hall–Kier alpha value is -1.32. The molecule has 25 heavy (non-hydrogen) atoms. The van der Waals surface area contributed by atoms with E-state index in [4.69, 9.17) is 15.2 Å². The number of piperidine rings is 1. The van der Waals surface area contributed by atoms with Crippen molar-refractivity contribution in [3.8, 4) is 11.5 Å². The largest absolute Gasteiger partial charge is 0.493 e. The van der Waals surface area contributed by atoms with Gasteiger partial charge in [-0.3, -0.25) is 4.79 Å². The maximum atomic E-state index is 13.1. The quantitative estimate of drug-likeness (QED) is 0.708. The molecule has 140 valence electrons. The van der Waals surface area contributed by atoms with Crippen molar-refractivity contribution >= 4 is 31.9 Å². The van der Waals surface area contributed by atoms with Crippen LogP contribution in [-0.4, -0.2) is 44.9 Å². The van der Waals surface area contributed by atoms with E-state index in [-0.39, 0.29) is 35.6 Å². The molecule has 1 aliphatic heterocycles. The standard InChI is InChI=1S/C16H23BrN2O5S/c1-3-23-13-10-15(14(24-4-2)9-12(13)17)25(21,22)19-7-5-11(6-8-19)16(18)20/h9-11H,3-8H2,1-2H3,(H2,18,20).